The van der Waals surface area contributed by atoms with E-state index in [0.29, 0.717) is 11.7 Å². The molecule has 112 valence electrons. The van der Waals surface area contributed by atoms with Gasteiger partial charge in [-0.3, -0.25) is 4.79 Å². The van der Waals surface area contributed by atoms with Crippen molar-refractivity contribution in [2.75, 3.05) is 18.2 Å². The molecule has 0 spiro atoms. The normalized spacial score (nSPS) is 10.4. The van der Waals surface area contributed by atoms with Gasteiger partial charge in [-0.2, -0.15) is 0 Å². The highest BCUT2D eigenvalue weighted by atomic mass is 32.2. The van der Waals surface area contributed by atoms with E-state index in [2.05, 4.69) is 39.3 Å². The van der Waals surface area contributed by atoms with Gasteiger partial charge in [-0.15, -0.1) is 10.2 Å². The maximum Gasteiger partial charge on any atom is 0.316 e. The second kappa shape index (κ2) is 7.12. The molecule has 0 saturated carbocycles. The fraction of sp³-hybridized carbons (Fsp3) is 0.357. The van der Waals surface area contributed by atoms with Gasteiger partial charge >= 0.3 is 5.97 Å². The lowest BCUT2D eigenvalue weighted by molar-refractivity contribution is -0.137. The van der Waals surface area contributed by atoms with Crippen molar-refractivity contribution < 1.29 is 9.53 Å². The third-order valence-corrected chi connectivity index (χ3v) is 3.97. The van der Waals surface area contributed by atoms with Crippen molar-refractivity contribution in [2.45, 2.75) is 18.6 Å². The van der Waals surface area contributed by atoms with Crippen molar-refractivity contribution >= 4 is 23.4 Å². The summed E-state index contributed by atoms with van der Waals surface area (Å²) in [6.45, 7) is 2.63. The molecule has 1 aromatic carbocycles. The third kappa shape index (κ3) is 4.22. The molecule has 0 aliphatic carbocycles. The SMILES string of the molecule is COC(=O)CSc1nnc(CNc2ccc(C)cc2)n1C. The third-order valence-electron chi connectivity index (χ3n) is 2.97. The molecule has 21 heavy (non-hydrogen) atoms. The van der Waals surface area contributed by atoms with Crippen LogP contribution in [0.3, 0.4) is 0 Å². The number of methoxy groups -OCH3 is 1. The van der Waals surface area contributed by atoms with Gasteiger partial charge in [0.1, 0.15) is 0 Å². The highest BCUT2D eigenvalue weighted by Gasteiger charge is 2.11. The first kappa shape index (κ1) is 15.4. The van der Waals surface area contributed by atoms with E-state index in [-0.39, 0.29) is 11.7 Å². The summed E-state index contributed by atoms with van der Waals surface area (Å²) in [5.41, 5.74) is 2.26. The second-order valence-corrected chi connectivity index (χ2v) is 5.48. The largest absolute Gasteiger partial charge is 0.468 e. The molecule has 2 aromatic rings. The standard InChI is InChI=1S/C14H18N4O2S/c1-10-4-6-11(7-5-10)15-8-12-16-17-14(18(12)2)21-9-13(19)20-3/h4-7,15H,8-9H2,1-3H3. The first-order valence-electron chi connectivity index (χ1n) is 6.48. The summed E-state index contributed by atoms with van der Waals surface area (Å²) >= 11 is 1.31. The lowest BCUT2D eigenvalue weighted by Crippen LogP contribution is -2.07. The molecule has 0 fully saturated rings. The zero-order valence-corrected chi connectivity index (χ0v) is 13.1. The van der Waals surface area contributed by atoms with Gasteiger partial charge in [0.15, 0.2) is 11.0 Å². The highest BCUT2D eigenvalue weighted by Crippen LogP contribution is 2.16. The number of aryl methyl sites for hydroxylation is 1. The molecule has 0 unspecified atom stereocenters. The predicted molar refractivity (Wildman–Crippen MR) is 82.2 cm³/mol. The summed E-state index contributed by atoms with van der Waals surface area (Å²) in [5.74, 6) is 0.763. The molecule has 1 N–H and O–H groups in total. The van der Waals surface area contributed by atoms with Crippen LogP contribution < -0.4 is 5.32 Å². The van der Waals surface area contributed by atoms with Crippen LogP contribution in [0.15, 0.2) is 29.4 Å². The van der Waals surface area contributed by atoms with Crippen LogP contribution >= 0.6 is 11.8 Å². The Bertz CT molecular complexity index is 610. The minimum atomic E-state index is -0.276. The van der Waals surface area contributed by atoms with Gasteiger partial charge in [0.05, 0.1) is 19.4 Å². The molecule has 1 aromatic heterocycles. The lowest BCUT2D eigenvalue weighted by Gasteiger charge is -2.07. The Kier molecular flexibility index (Phi) is 5.21. The van der Waals surface area contributed by atoms with Gasteiger partial charge in [-0.05, 0) is 19.1 Å². The number of benzene rings is 1. The van der Waals surface area contributed by atoms with Crippen molar-refractivity contribution in [3.8, 4) is 0 Å². The Morgan fingerprint density at radius 3 is 2.71 bits per heavy atom. The number of nitrogens with one attached hydrogen (secondary N) is 1. The van der Waals surface area contributed by atoms with Crippen LogP contribution in [0.25, 0.3) is 0 Å². The van der Waals surface area contributed by atoms with Gasteiger partial charge in [0.25, 0.3) is 0 Å². The topological polar surface area (TPSA) is 69.0 Å². The Morgan fingerprint density at radius 1 is 1.33 bits per heavy atom. The van der Waals surface area contributed by atoms with E-state index in [1.165, 1.54) is 24.4 Å². The minimum absolute atomic E-state index is 0.230. The van der Waals surface area contributed by atoms with Gasteiger partial charge in [0.2, 0.25) is 0 Å². The molecule has 1 heterocycles. The summed E-state index contributed by atoms with van der Waals surface area (Å²) in [7, 11) is 3.25. The van der Waals surface area contributed by atoms with Crippen molar-refractivity contribution in [1.82, 2.24) is 14.8 Å². The first-order chi connectivity index (χ1) is 10.1. The first-order valence-corrected chi connectivity index (χ1v) is 7.47. The zero-order chi connectivity index (χ0) is 15.2. The number of rotatable bonds is 6. The fourth-order valence-corrected chi connectivity index (χ4v) is 2.42. The number of aromatic nitrogens is 3. The smallest absolute Gasteiger partial charge is 0.316 e. The monoisotopic (exact) mass is 306 g/mol. The van der Waals surface area contributed by atoms with Gasteiger partial charge in [0, 0.05) is 12.7 Å². The molecule has 0 aliphatic heterocycles. The van der Waals surface area contributed by atoms with Crippen molar-refractivity contribution in [2.24, 2.45) is 7.05 Å². The Labute approximate surface area is 127 Å². The van der Waals surface area contributed by atoms with Gasteiger partial charge in [-0.25, -0.2) is 0 Å². The van der Waals surface area contributed by atoms with E-state index in [0.717, 1.165) is 11.5 Å². The zero-order valence-electron chi connectivity index (χ0n) is 12.3. The molecule has 0 radical (unpaired) electrons. The number of carbonyl (C=O) groups is 1. The van der Waals surface area contributed by atoms with E-state index in [1.807, 2.05) is 23.7 Å². The summed E-state index contributed by atoms with van der Waals surface area (Å²) < 4.78 is 6.47. The van der Waals surface area contributed by atoms with E-state index in [4.69, 9.17) is 0 Å². The molecular weight excluding hydrogens is 288 g/mol. The number of anilines is 1. The molecule has 0 saturated heterocycles. The van der Waals surface area contributed by atoms with Crippen LogP contribution in [0.1, 0.15) is 11.4 Å². The molecule has 0 atom stereocenters. The number of esters is 1. The average molecular weight is 306 g/mol. The number of hydrogen-bond acceptors (Lipinski definition) is 6. The summed E-state index contributed by atoms with van der Waals surface area (Å²) in [4.78, 5) is 11.1. The molecule has 6 nitrogen and oxygen atoms in total. The van der Waals surface area contributed by atoms with E-state index in [1.54, 1.807) is 0 Å². The van der Waals surface area contributed by atoms with Crippen LogP contribution in [-0.2, 0) is 23.1 Å². The van der Waals surface area contributed by atoms with Crippen LogP contribution in [0.4, 0.5) is 5.69 Å². The van der Waals surface area contributed by atoms with Crippen molar-refractivity contribution in [3.63, 3.8) is 0 Å². The fourth-order valence-electron chi connectivity index (χ4n) is 1.66. The number of ether oxygens (including phenoxy) is 1. The van der Waals surface area contributed by atoms with Crippen molar-refractivity contribution in [1.29, 1.82) is 0 Å². The van der Waals surface area contributed by atoms with E-state index < -0.39 is 0 Å². The number of nitrogens with zero attached hydrogens (tertiary/aromatic N) is 3. The van der Waals surface area contributed by atoms with Crippen LogP contribution in [0, 0.1) is 6.92 Å². The van der Waals surface area contributed by atoms with Crippen molar-refractivity contribution in [3.05, 3.63) is 35.7 Å². The maximum atomic E-state index is 11.1. The van der Waals surface area contributed by atoms with Gasteiger partial charge in [-0.1, -0.05) is 29.5 Å². The molecule has 0 bridgehead atoms. The van der Waals surface area contributed by atoms with Gasteiger partial charge < -0.3 is 14.6 Å². The molecule has 7 heteroatoms. The molecule has 0 amide bonds. The lowest BCUT2D eigenvalue weighted by atomic mass is 10.2. The predicted octanol–water partition coefficient (Wildman–Crippen LogP) is 2.00. The highest BCUT2D eigenvalue weighted by molar-refractivity contribution is 7.99. The number of thioether (sulfide) groups is 1. The Hall–Kier alpha value is -2.02. The van der Waals surface area contributed by atoms with E-state index in [9.17, 15) is 4.79 Å². The number of carbonyl (C=O) groups excluding carboxylic acids is 1. The molecule has 0 aliphatic rings. The van der Waals surface area contributed by atoms with Crippen LogP contribution in [-0.4, -0.2) is 33.6 Å². The van der Waals surface area contributed by atoms with Crippen LogP contribution in [0.2, 0.25) is 0 Å². The summed E-state index contributed by atoms with van der Waals surface area (Å²) in [6.07, 6.45) is 0. The molecular formula is C14H18N4O2S. The Balaban J connectivity index is 1.93. The van der Waals surface area contributed by atoms with E-state index >= 15 is 0 Å². The Morgan fingerprint density at radius 2 is 2.05 bits per heavy atom. The molecule has 2 rings (SSSR count). The maximum absolute atomic E-state index is 11.1. The quantitative estimate of drug-likeness (QED) is 0.650. The van der Waals surface area contributed by atoms with Crippen LogP contribution in [0.5, 0.6) is 0 Å². The minimum Gasteiger partial charge on any atom is -0.468 e. The summed E-state index contributed by atoms with van der Waals surface area (Å²) in [6, 6.07) is 8.16. The number of hydrogen-bond donors (Lipinski definition) is 1. The summed E-state index contributed by atoms with van der Waals surface area (Å²) in [5, 5.41) is 12.2. The average Bonchev–Trinajstić information content (AvgIpc) is 2.85. The second-order valence-electron chi connectivity index (χ2n) is 4.54.